The third kappa shape index (κ3) is 3.47. The summed E-state index contributed by atoms with van der Waals surface area (Å²) in [5.74, 6) is -0.474. The van der Waals surface area contributed by atoms with Crippen LogP contribution in [0.1, 0.15) is 19.4 Å². The smallest absolute Gasteiger partial charge is 0.271 e. The van der Waals surface area contributed by atoms with Crippen molar-refractivity contribution in [3.05, 3.63) is 35.9 Å². The first-order chi connectivity index (χ1) is 7.65. The summed E-state index contributed by atoms with van der Waals surface area (Å²) in [6, 6.07) is 9.42. The van der Waals surface area contributed by atoms with E-state index in [9.17, 15) is 9.90 Å². The minimum Gasteiger partial charge on any atom is -0.364 e. The maximum atomic E-state index is 11.2. The molecule has 4 heteroatoms. The zero-order valence-corrected chi connectivity index (χ0v) is 9.47. The van der Waals surface area contributed by atoms with Gasteiger partial charge in [0.15, 0.2) is 0 Å². The van der Waals surface area contributed by atoms with Gasteiger partial charge in [-0.3, -0.25) is 4.79 Å². The van der Waals surface area contributed by atoms with Gasteiger partial charge in [0.1, 0.15) is 0 Å². The quantitative estimate of drug-likeness (QED) is 0.742. The lowest BCUT2D eigenvalue weighted by Crippen LogP contribution is -2.33. The summed E-state index contributed by atoms with van der Waals surface area (Å²) < 4.78 is 0. The topological polar surface area (TPSA) is 61.7 Å². The first kappa shape index (κ1) is 12.4. The van der Waals surface area contributed by atoms with Crippen LogP contribution in [-0.4, -0.2) is 29.5 Å². The van der Waals surface area contributed by atoms with Crippen molar-refractivity contribution in [1.82, 2.24) is 5.32 Å². The number of carbonyl (C=O) groups excluding carboxylic acids is 1. The molecule has 0 aromatic heterocycles. The Morgan fingerprint density at radius 1 is 1.44 bits per heavy atom. The lowest BCUT2D eigenvalue weighted by atomic mass is 10.1. The first-order valence-electron chi connectivity index (χ1n) is 5.20. The predicted molar refractivity (Wildman–Crippen MR) is 63.3 cm³/mol. The summed E-state index contributed by atoms with van der Waals surface area (Å²) in [6.45, 7) is 4.03. The average Bonchev–Trinajstić information content (AvgIpc) is 2.30. The second kappa shape index (κ2) is 6.02. The molecule has 1 atom stereocenters. The Morgan fingerprint density at radius 3 is 2.62 bits per heavy atom. The van der Waals surface area contributed by atoms with Crippen molar-refractivity contribution < 1.29 is 9.90 Å². The Bertz CT molecular complexity index is 374. The minimum absolute atomic E-state index is 0.474. The molecule has 0 spiro atoms. The third-order valence-electron chi connectivity index (χ3n) is 2.09. The maximum absolute atomic E-state index is 11.2. The second-order valence-corrected chi connectivity index (χ2v) is 3.35. The van der Waals surface area contributed by atoms with Crippen molar-refractivity contribution in [2.45, 2.75) is 20.1 Å². The molecule has 4 nitrogen and oxygen atoms in total. The molecule has 0 bridgehead atoms. The number of nitrogens with one attached hydrogen (secondary N) is 1. The van der Waals surface area contributed by atoms with E-state index >= 15 is 0 Å². The van der Waals surface area contributed by atoms with Crippen molar-refractivity contribution in [3.63, 3.8) is 0 Å². The largest absolute Gasteiger partial charge is 0.364 e. The van der Waals surface area contributed by atoms with Crippen LogP contribution < -0.4 is 5.32 Å². The molecule has 16 heavy (non-hydrogen) atoms. The number of amides is 1. The van der Waals surface area contributed by atoms with Gasteiger partial charge in [-0.25, -0.2) is 4.99 Å². The van der Waals surface area contributed by atoms with Crippen LogP contribution in [-0.2, 0) is 4.79 Å². The zero-order chi connectivity index (χ0) is 12.0. The van der Waals surface area contributed by atoms with E-state index in [0.717, 1.165) is 5.56 Å². The Morgan fingerprint density at radius 2 is 2.06 bits per heavy atom. The number of aliphatic hydroxyl groups is 1. The van der Waals surface area contributed by atoms with Crippen LogP contribution in [0.15, 0.2) is 35.3 Å². The summed E-state index contributed by atoms with van der Waals surface area (Å²) in [7, 11) is 0. The number of benzene rings is 1. The molecule has 0 aliphatic rings. The van der Waals surface area contributed by atoms with Gasteiger partial charge in [-0.1, -0.05) is 30.3 Å². The summed E-state index contributed by atoms with van der Waals surface area (Å²) in [4.78, 5) is 15.2. The highest BCUT2D eigenvalue weighted by Crippen LogP contribution is 2.02. The molecule has 0 fully saturated rings. The fourth-order valence-electron chi connectivity index (χ4n) is 1.26. The van der Waals surface area contributed by atoms with Gasteiger partial charge in [0.25, 0.3) is 5.91 Å². The Labute approximate surface area is 95.0 Å². The van der Waals surface area contributed by atoms with Crippen molar-refractivity contribution in [1.29, 1.82) is 0 Å². The van der Waals surface area contributed by atoms with E-state index in [-0.39, 0.29) is 0 Å². The van der Waals surface area contributed by atoms with Crippen LogP contribution in [0.4, 0.5) is 0 Å². The zero-order valence-electron chi connectivity index (χ0n) is 9.47. The van der Waals surface area contributed by atoms with Crippen molar-refractivity contribution in [2.24, 2.45) is 4.99 Å². The van der Waals surface area contributed by atoms with Crippen molar-refractivity contribution in [2.75, 3.05) is 6.54 Å². The Balaban J connectivity index is 2.73. The molecule has 0 radical (unpaired) electrons. The molecule has 86 valence electrons. The van der Waals surface area contributed by atoms with E-state index in [1.54, 1.807) is 13.8 Å². The SMILES string of the molecule is CCNC(=O)C(O)N=C(C)c1ccccc1. The molecule has 1 aromatic rings. The fourth-order valence-corrected chi connectivity index (χ4v) is 1.26. The number of likely N-dealkylation sites (N-methyl/N-ethyl adjacent to an activating group) is 1. The molecule has 1 amide bonds. The maximum Gasteiger partial charge on any atom is 0.271 e. The number of aliphatic imine (C=N–C) groups is 1. The van der Waals surface area contributed by atoms with Crippen LogP contribution in [0.25, 0.3) is 0 Å². The summed E-state index contributed by atoms with van der Waals surface area (Å²) in [5.41, 5.74) is 1.53. The van der Waals surface area contributed by atoms with Gasteiger partial charge >= 0.3 is 0 Å². The van der Waals surface area contributed by atoms with Gasteiger partial charge in [-0.15, -0.1) is 0 Å². The number of hydrogen-bond donors (Lipinski definition) is 2. The van der Waals surface area contributed by atoms with Crippen LogP contribution in [0.5, 0.6) is 0 Å². The number of aliphatic hydroxyl groups excluding tert-OH is 1. The van der Waals surface area contributed by atoms with Gasteiger partial charge in [-0.05, 0) is 19.4 Å². The monoisotopic (exact) mass is 220 g/mol. The van der Waals surface area contributed by atoms with E-state index in [1.165, 1.54) is 0 Å². The third-order valence-corrected chi connectivity index (χ3v) is 2.09. The van der Waals surface area contributed by atoms with E-state index < -0.39 is 12.1 Å². The highest BCUT2D eigenvalue weighted by atomic mass is 16.3. The van der Waals surface area contributed by atoms with Gasteiger partial charge in [0.05, 0.1) is 0 Å². The van der Waals surface area contributed by atoms with Gasteiger partial charge in [0, 0.05) is 12.3 Å². The van der Waals surface area contributed by atoms with E-state index in [4.69, 9.17) is 0 Å². The summed E-state index contributed by atoms with van der Waals surface area (Å²) in [6.07, 6.45) is -1.33. The number of hydrogen-bond acceptors (Lipinski definition) is 3. The molecule has 0 aliphatic heterocycles. The normalized spacial score (nSPS) is 13.3. The summed E-state index contributed by atoms with van der Waals surface area (Å²) >= 11 is 0. The summed E-state index contributed by atoms with van der Waals surface area (Å²) in [5, 5.41) is 12.0. The van der Waals surface area contributed by atoms with E-state index in [1.807, 2.05) is 30.3 Å². The molecular formula is C12H16N2O2. The molecule has 0 heterocycles. The molecular weight excluding hydrogens is 204 g/mol. The van der Waals surface area contributed by atoms with E-state index in [0.29, 0.717) is 12.3 Å². The van der Waals surface area contributed by atoms with Gasteiger partial charge < -0.3 is 10.4 Å². The molecule has 1 rings (SSSR count). The standard InChI is InChI=1S/C12H16N2O2/c1-3-13-11(15)12(16)14-9(2)10-7-5-4-6-8-10/h4-8,12,16H,3H2,1-2H3,(H,13,15). The van der Waals surface area contributed by atoms with Gasteiger partial charge in [0.2, 0.25) is 6.23 Å². The molecule has 0 saturated carbocycles. The first-order valence-corrected chi connectivity index (χ1v) is 5.20. The van der Waals surface area contributed by atoms with Crippen LogP contribution >= 0.6 is 0 Å². The lowest BCUT2D eigenvalue weighted by Gasteiger charge is -2.07. The highest BCUT2D eigenvalue weighted by Gasteiger charge is 2.12. The highest BCUT2D eigenvalue weighted by molar-refractivity contribution is 6.00. The van der Waals surface area contributed by atoms with Gasteiger partial charge in [-0.2, -0.15) is 0 Å². The molecule has 0 saturated heterocycles. The van der Waals surface area contributed by atoms with Crippen LogP contribution in [0.2, 0.25) is 0 Å². The van der Waals surface area contributed by atoms with E-state index in [2.05, 4.69) is 10.3 Å². The molecule has 1 unspecified atom stereocenters. The fraction of sp³-hybridized carbons (Fsp3) is 0.333. The van der Waals surface area contributed by atoms with Crippen LogP contribution in [0.3, 0.4) is 0 Å². The minimum atomic E-state index is -1.33. The second-order valence-electron chi connectivity index (χ2n) is 3.35. The van der Waals surface area contributed by atoms with Crippen molar-refractivity contribution >= 4 is 11.6 Å². The molecule has 2 N–H and O–H groups in total. The molecule has 0 aliphatic carbocycles. The van der Waals surface area contributed by atoms with Crippen molar-refractivity contribution in [3.8, 4) is 0 Å². The predicted octanol–water partition coefficient (Wildman–Crippen LogP) is 0.950. The average molecular weight is 220 g/mol. The Hall–Kier alpha value is -1.68. The number of nitrogens with zero attached hydrogens (tertiary/aromatic N) is 1. The molecule has 1 aromatic carbocycles. The number of rotatable bonds is 4. The van der Waals surface area contributed by atoms with Crippen LogP contribution in [0, 0.1) is 0 Å². The Kier molecular flexibility index (Phi) is 4.66. The lowest BCUT2D eigenvalue weighted by molar-refractivity contribution is -0.128. The number of carbonyl (C=O) groups is 1.